The summed E-state index contributed by atoms with van der Waals surface area (Å²) >= 11 is 0. The van der Waals surface area contributed by atoms with E-state index in [0.717, 1.165) is 25.9 Å². The van der Waals surface area contributed by atoms with E-state index in [1.807, 2.05) is 6.07 Å². The summed E-state index contributed by atoms with van der Waals surface area (Å²) in [6, 6.07) is 10.6. The fourth-order valence-electron chi connectivity index (χ4n) is 3.69. The van der Waals surface area contributed by atoms with Crippen LogP contribution in [0.1, 0.15) is 49.2 Å². The zero-order chi connectivity index (χ0) is 17.0. The van der Waals surface area contributed by atoms with Crippen LogP contribution in [0.25, 0.3) is 0 Å². The minimum absolute atomic E-state index is 0.0140. The van der Waals surface area contributed by atoms with Crippen molar-refractivity contribution in [1.29, 1.82) is 0 Å². The van der Waals surface area contributed by atoms with Gasteiger partial charge in [-0.3, -0.25) is 4.79 Å². The molecule has 6 heteroatoms. The Balaban J connectivity index is 1.72. The molecule has 1 fully saturated rings. The van der Waals surface area contributed by atoms with Gasteiger partial charge in [0, 0.05) is 18.6 Å². The fourth-order valence-corrected chi connectivity index (χ4v) is 3.69. The van der Waals surface area contributed by atoms with Crippen LogP contribution in [0.5, 0.6) is 0 Å². The minimum atomic E-state index is -0.196. The van der Waals surface area contributed by atoms with Crippen molar-refractivity contribution < 1.29 is 9.53 Å². The zero-order valence-corrected chi connectivity index (χ0v) is 14.2. The van der Waals surface area contributed by atoms with Crippen molar-refractivity contribution >= 4 is 5.91 Å². The molecule has 0 unspecified atom stereocenters. The van der Waals surface area contributed by atoms with Gasteiger partial charge in [-0.25, -0.2) is 0 Å². The molecule has 1 amide bonds. The van der Waals surface area contributed by atoms with E-state index in [-0.39, 0.29) is 16.9 Å². The number of rotatable bonds is 5. The van der Waals surface area contributed by atoms with Gasteiger partial charge in [0.05, 0.1) is 11.8 Å². The summed E-state index contributed by atoms with van der Waals surface area (Å²) in [5, 5.41) is 12.9. The fraction of sp³-hybridized carbons (Fsp3) is 0.500. The van der Waals surface area contributed by atoms with Crippen LogP contribution < -0.4 is 5.32 Å². The standard InChI is InChI=1S/C18H24N4O2/c1-17(2)13-18(9-11-24-17,14-6-4-3-5-7-14)8-10-19-16(23)15-12-20-22-21-15/h3-7,12H,8-11,13H2,1-2H3,(H,19,23)(H,20,21,22)/t18-/m1/s1. The van der Waals surface area contributed by atoms with Crippen molar-refractivity contribution in [2.45, 2.75) is 44.1 Å². The first kappa shape index (κ1) is 16.6. The summed E-state index contributed by atoms with van der Waals surface area (Å²) in [6.07, 6.45) is 4.19. The first-order valence-electron chi connectivity index (χ1n) is 8.34. The van der Waals surface area contributed by atoms with Gasteiger partial charge >= 0.3 is 0 Å². The van der Waals surface area contributed by atoms with E-state index in [1.165, 1.54) is 11.8 Å². The number of H-pyrrole nitrogens is 1. The lowest BCUT2D eigenvalue weighted by Crippen LogP contribution is -2.45. The van der Waals surface area contributed by atoms with Gasteiger partial charge in [-0.1, -0.05) is 30.3 Å². The first-order valence-corrected chi connectivity index (χ1v) is 8.34. The van der Waals surface area contributed by atoms with E-state index >= 15 is 0 Å². The summed E-state index contributed by atoms with van der Waals surface area (Å²) in [7, 11) is 0. The number of hydrogen-bond donors (Lipinski definition) is 2. The Kier molecular flexibility index (Phi) is 4.66. The summed E-state index contributed by atoms with van der Waals surface area (Å²) in [4.78, 5) is 12.1. The van der Waals surface area contributed by atoms with E-state index in [4.69, 9.17) is 4.74 Å². The van der Waals surface area contributed by atoms with Crippen molar-refractivity contribution in [3.63, 3.8) is 0 Å². The van der Waals surface area contributed by atoms with Gasteiger partial charge in [0.2, 0.25) is 0 Å². The monoisotopic (exact) mass is 328 g/mol. The topological polar surface area (TPSA) is 79.9 Å². The van der Waals surface area contributed by atoms with Crippen molar-refractivity contribution in [3.05, 3.63) is 47.8 Å². The summed E-state index contributed by atoms with van der Waals surface area (Å²) in [6.45, 7) is 5.60. The van der Waals surface area contributed by atoms with Crippen molar-refractivity contribution in [2.75, 3.05) is 13.2 Å². The molecule has 2 heterocycles. The number of benzene rings is 1. The van der Waals surface area contributed by atoms with Gasteiger partial charge in [-0.2, -0.15) is 15.4 Å². The zero-order valence-electron chi connectivity index (χ0n) is 14.2. The van der Waals surface area contributed by atoms with Gasteiger partial charge in [0.15, 0.2) is 5.69 Å². The molecule has 1 aromatic heterocycles. The number of ether oxygens (including phenoxy) is 1. The third kappa shape index (κ3) is 3.64. The molecule has 0 saturated carbocycles. The van der Waals surface area contributed by atoms with Crippen molar-refractivity contribution in [3.8, 4) is 0 Å². The lowest BCUT2D eigenvalue weighted by Gasteiger charge is -2.45. The van der Waals surface area contributed by atoms with Gasteiger partial charge in [-0.15, -0.1) is 0 Å². The number of carbonyl (C=O) groups excluding carboxylic acids is 1. The number of nitrogens with zero attached hydrogens (tertiary/aromatic N) is 2. The first-order chi connectivity index (χ1) is 11.5. The van der Waals surface area contributed by atoms with Crippen LogP contribution in [0, 0.1) is 0 Å². The van der Waals surface area contributed by atoms with Gasteiger partial charge in [0.1, 0.15) is 0 Å². The Bertz CT molecular complexity index is 670. The van der Waals surface area contributed by atoms with E-state index in [1.54, 1.807) is 0 Å². The molecule has 0 radical (unpaired) electrons. The van der Waals surface area contributed by atoms with E-state index in [0.29, 0.717) is 12.2 Å². The number of aromatic nitrogens is 3. The summed E-state index contributed by atoms with van der Waals surface area (Å²) < 4.78 is 5.92. The molecule has 1 aromatic carbocycles. The summed E-state index contributed by atoms with van der Waals surface area (Å²) in [5.74, 6) is -0.196. The highest BCUT2D eigenvalue weighted by Crippen LogP contribution is 2.43. The maximum absolute atomic E-state index is 12.1. The lowest BCUT2D eigenvalue weighted by atomic mass is 9.67. The molecule has 6 nitrogen and oxygen atoms in total. The Morgan fingerprint density at radius 3 is 2.79 bits per heavy atom. The van der Waals surface area contributed by atoms with Crippen LogP contribution in [0.2, 0.25) is 0 Å². The Hall–Kier alpha value is -2.21. The van der Waals surface area contributed by atoms with Gasteiger partial charge < -0.3 is 10.1 Å². The largest absolute Gasteiger partial charge is 0.376 e. The second-order valence-electron chi connectivity index (χ2n) is 7.04. The molecule has 2 aromatic rings. The molecular weight excluding hydrogens is 304 g/mol. The maximum Gasteiger partial charge on any atom is 0.273 e. The Morgan fingerprint density at radius 2 is 2.12 bits per heavy atom. The number of aromatic amines is 1. The maximum atomic E-state index is 12.1. The number of amides is 1. The van der Waals surface area contributed by atoms with Crippen LogP contribution in [-0.4, -0.2) is 40.1 Å². The molecule has 24 heavy (non-hydrogen) atoms. The molecule has 128 valence electrons. The SMILES string of the molecule is CC1(C)C[C@](CCNC(=O)c2cn[nH]n2)(c2ccccc2)CCO1. The average Bonchev–Trinajstić information content (AvgIpc) is 3.09. The predicted molar refractivity (Wildman–Crippen MR) is 90.7 cm³/mol. The van der Waals surface area contributed by atoms with Crippen LogP contribution in [-0.2, 0) is 10.2 Å². The van der Waals surface area contributed by atoms with Crippen molar-refractivity contribution in [1.82, 2.24) is 20.7 Å². The Morgan fingerprint density at radius 1 is 1.33 bits per heavy atom. The van der Waals surface area contributed by atoms with Gasteiger partial charge in [-0.05, 0) is 38.7 Å². The van der Waals surface area contributed by atoms with Gasteiger partial charge in [0.25, 0.3) is 5.91 Å². The molecule has 1 aliphatic heterocycles. The molecule has 0 bridgehead atoms. The second-order valence-corrected chi connectivity index (χ2v) is 7.04. The number of carbonyl (C=O) groups is 1. The molecule has 1 saturated heterocycles. The molecule has 0 aliphatic carbocycles. The molecule has 1 aliphatic rings. The third-order valence-corrected chi connectivity index (χ3v) is 4.76. The Labute approximate surface area is 142 Å². The quantitative estimate of drug-likeness (QED) is 0.883. The predicted octanol–water partition coefficient (Wildman–Crippen LogP) is 2.45. The number of hydrogen-bond acceptors (Lipinski definition) is 4. The van der Waals surface area contributed by atoms with E-state index in [9.17, 15) is 4.79 Å². The van der Waals surface area contributed by atoms with Crippen LogP contribution in [0.3, 0.4) is 0 Å². The normalized spacial score (nSPS) is 22.9. The molecule has 2 N–H and O–H groups in total. The smallest absolute Gasteiger partial charge is 0.273 e. The van der Waals surface area contributed by atoms with Crippen LogP contribution >= 0.6 is 0 Å². The van der Waals surface area contributed by atoms with Crippen LogP contribution in [0.4, 0.5) is 0 Å². The molecule has 1 atom stereocenters. The molecule has 3 rings (SSSR count). The van der Waals surface area contributed by atoms with E-state index < -0.39 is 0 Å². The summed E-state index contributed by atoms with van der Waals surface area (Å²) in [5.41, 5.74) is 1.48. The molecular formula is C18H24N4O2. The molecule has 0 spiro atoms. The average molecular weight is 328 g/mol. The van der Waals surface area contributed by atoms with Crippen molar-refractivity contribution in [2.24, 2.45) is 0 Å². The second kappa shape index (κ2) is 6.73. The lowest BCUT2D eigenvalue weighted by molar-refractivity contribution is -0.0838. The highest BCUT2D eigenvalue weighted by atomic mass is 16.5. The van der Waals surface area contributed by atoms with E-state index in [2.05, 4.69) is 58.8 Å². The number of nitrogens with one attached hydrogen (secondary N) is 2. The minimum Gasteiger partial charge on any atom is -0.376 e. The third-order valence-electron chi connectivity index (χ3n) is 4.76. The highest BCUT2D eigenvalue weighted by Gasteiger charge is 2.41. The highest BCUT2D eigenvalue weighted by molar-refractivity contribution is 5.91. The van der Waals surface area contributed by atoms with Crippen LogP contribution in [0.15, 0.2) is 36.5 Å².